The Hall–Kier alpha value is -2.69. The fourth-order valence-corrected chi connectivity index (χ4v) is 2.21. The van der Waals surface area contributed by atoms with E-state index in [0.29, 0.717) is 5.69 Å². The summed E-state index contributed by atoms with van der Waals surface area (Å²) in [6.45, 7) is 1.85. The highest BCUT2D eigenvalue weighted by molar-refractivity contribution is 5.93. The van der Waals surface area contributed by atoms with Gasteiger partial charge in [0.15, 0.2) is 0 Å². The van der Waals surface area contributed by atoms with Crippen molar-refractivity contribution in [1.29, 1.82) is 0 Å². The number of carbonyl (C=O) groups is 1. The number of aromatic nitrogens is 3. The van der Waals surface area contributed by atoms with E-state index in [1.165, 1.54) is 0 Å². The summed E-state index contributed by atoms with van der Waals surface area (Å²) in [5.74, 6) is -0.220. The maximum Gasteiger partial charge on any atom is 0.337 e. The number of para-hydroxylation sites is 1. The Balaban J connectivity index is 2.37. The van der Waals surface area contributed by atoms with Gasteiger partial charge in [-0.3, -0.25) is 9.55 Å². The van der Waals surface area contributed by atoms with Crippen molar-refractivity contribution in [2.45, 2.75) is 6.92 Å². The lowest BCUT2D eigenvalue weighted by Gasteiger charge is -2.09. The molecule has 0 radical (unpaired) electrons. The van der Waals surface area contributed by atoms with Crippen LogP contribution in [-0.4, -0.2) is 25.6 Å². The van der Waals surface area contributed by atoms with Crippen LogP contribution >= 0.6 is 0 Å². The predicted octanol–water partition coefficient (Wildman–Crippen LogP) is 2.43. The van der Waals surface area contributed by atoms with Crippen LogP contribution in [0.2, 0.25) is 0 Å². The first-order valence-electron chi connectivity index (χ1n) is 5.80. The van der Waals surface area contributed by atoms with Crippen molar-refractivity contribution in [3.05, 3.63) is 54.1 Å². The van der Waals surface area contributed by atoms with Crippen LogP contribution in [0.5, 0.6) is 0 Å². The average Bonchev–Trinajstić information content (AvgIpc) is 2.74. The van der Waals surface area contributed by atoms with Crippen LogP contribution in [0.3, 0.4) is 0 Å². The second-order valence-electron chi connectivity index (χ2n) is 4.18. The van der Waals surface area contributed by atoms with Crippen LogP contribution in [0.15, 0.2) is 42.7 Å². The number of aromatic carboxylic acids is 1. The minimum Gasteiger partial charge on any atom is -0.478 e. The highest BCUT2D eigenvalue weighted by Crippen LogP contribution is 2.23. The molecule has 0 aliphatic carbocycles. The molecule has 0 aliphatic heterocycles. The minimum absolute atomic E-state index is 0.252. The van der Waals surface area contributed by atoms with Gasteiger partial charge in [0.2, 0.25) is 0 Å². The topological polar surface area (TPSA) is 68.0 Å². The summed E-state index contributed by atoms with van der Waals surface area (Å²) in [4.78, 5) is 19.7. The fourth-order valence-electron chi connectivity index (χ4n) is 2.21. The Bertz CT molecular complexity index is 777. The molecule has 2 heterocycles. The standard InChI is InChI=1S/C14H11N3O2/c1-9-16-11-8-15-7-6-13(11)17(9)12-5-3-2-4-10(12)14(18)19/h2-8H,1H3,(H,18,19). The van der Waals surface area contributed by atoms with Crippen molar-refractivity contribution in [3.8, 4) is 5.69 Å². The van der Waals surface area contributed by atoms with E-state index in [0.717, 1.165) is 16.9 Å². The summed E-state index contributed by atoms with van der Waals surface area (Å²) in [7, 11) is 0. The number of hydrogen-bond acceptors (Lipinski definition) is 3. The van der Waals surface area contributed by atoms with Crippen molar-refractivity contribution in [3.63, 3.8) is 0 Å². The van der Waals surface area contributed by atoms with Crippen LogP contribution in [0.25, 0.3) is 16.7 Å². The first-order valence-corrected chi connectivity index (χ1v) is 5.80. The van der Waals surface area contributed by atoms with E-state index in [9.17, 15) is 9.90 Å². The van der Waals surface area contributed by atoms with Crippen LogP contribution in [0.4, 0.5) is 0 Å². The van der Waals surface area contributed by atoms with Gasteiger partial charge in [-0.25, -0.2) is 9.78 Å². The molecule has 0 spiro atoms. The fraction of sp³-hybridized carbons (Fsp3) is 0.0714. The van der Waals surface area contributed by atoms with Crippen molar-refractivity contribution in [2.24, 2.45) is 0 Å². The van der Waals surface area contributed by atoms with Crippen molar-refractivity contribution >= 4 is 17.0 Å². The van der Waals surface area contributed by atoms with Gasteiger partial charge in [-0.05, 0) is 25.1 Å². The highest BCUT2D eigenvalue weighted by atomic mass is 16.4. The Morgan fingerprint density at radius 2 is 2.05 bits per heavy atom. The third-order valence-corrected chi connectivity index (χ3v) is 3.00. The van der Waals surface area contributed by atoms with Gasteiger partial charge in [0, 0.05) is 6.20 Å². The maximum absolute atomic E-state index is 11.3. The number of pyridine rings is 1. The van der Waals surface area contributed by atoms with Gasteiger partial charge in [-0.1, -0.05) is 12.1 Å². The molecule has 0 bridgehead atoms. The molecule has 3 rings (SSSR count). The molecule has 0 saturated carbocycles. The monoisotopic (exact) mass is 253 g/mol. The molecule has 1 aromatic carbocycles. The molecule has 19 heavy (non-hydrogen) atoms. The first-order chi connectivity index (χ1) is 9.18. The Morgan fingerprint density at radius 1 is 1.26 bits per heavy atom. The SMILES string of the molecule is Cc1nc2cnccc2n1-c1ccccc1C(=O)O. The molecule has 0 saturated heterocycles. The number of aryl methyl sites for hydroxylation is 1. The number of carboxylic acids is 1. The molecule has 0 atom stereocenters. The van der Waals surface area contributed by atoms with E-state index < -0.39 is 5.97 Å². The predicted molar refractivity (Wildman–Crippen MR) is 70.6 cm³/mol. The van der Waals surface area contributed by atoms with Gasteiger partial charge < -0.3 is 5.11 Å². The van der Waals surface area contributed by atoms with Gasteiger partial charge in [-0.2, -0.15) is 0 Å². The van der Waals surface area contributed by atoms with Gasteiger partial charge in [0.05, 0.1) is 23.0 Å². The number of fused-ring (bicyclic) bond motifs is 1. The number of benzene rings is 1. The summed E-state index contributed by atoms with van der Waals surface area (Å²) in [6.07, 6.45) is 3.34. The van der Waals surface area contributed by atoms with Gasteiger partial charge in [0.1, 0.15) is 11.3 Å². The summed E-state index contributed by atoms with van der Waals surface area (Å²) < 4.78 is 1.83. The molecular weight excluding hydrogens is 242 g/mol. The van der Waals surface area contributed by atoms with E-state index in [2.05, 4.69) is 9.97 Å². The number of hydrogen-bond donors (Lipinski definition) is 1. The Morgan fingerprint density at radius 3 is 2.84 bits per heavy atom. The third-order valence-electron chi connectivity index (χ3n) is 3.00. The third kappa shape index (κ3) is 1.76. The van der Waals surface area contributed by atoms with E-state index in [1.54, 1.807) is 30.6 Å². The molecule has 0 fully saturated rings. The smallest absolute Gasteiger partial charge is 0.337 e. The van der Waals surface area contributed by atoms with Crippen molar-refractivity contribution in [2.75, 3.05) is 0 Å². The molecular formula is C14H11N3O2. The lowest BCUT2D eigenvalue weighted by Crippen LogP contribution is -2.06. The highest BCUT2D eigenvalue weighted by Gasteiger charge is 2.15. The lowest BCUT2D eigenvalue weighted by molar-refractivity contribution is 0.0697. The normalized spacial score (nSPS) is 10.8. The number of rotatable bonds is 2. The summed E-state index contributed by atoms with van der Waals surface area (Å²) in [5.41, 5.74) is 2.46. The summed E-state index contributed by atoms with van der Waals surface area (Å²) in [5, 5.41) is 9.28. The van der Waals surface area contributed by atoms with Crippen LogP contribution in [0.1, 0.15) is 16.2 Å². The van der Waals surface area contributed by atoms with Crippen LogP contribution in [0, 0.1) is 6.92 Å². The first kappa shape index (κ1) is 11.4. The molecule has 0 aliphatic rings. The molecule has 0 unspecified atom stereocenters. The van der Waals surface area contributed by atoms with E-state index in [1.807, 2.05) is 23.6 Å². The minimum atomic E-state index is -0.953. The zero-order valence-electron chi connectivity index (χ0n) is 10.2. The number of nitrogens with zero attached hydrogens (tertiary/aromatic N) is 3. The van der Waals surface area contributed by atoms with E-state index in [4.69, 9.17) is 0 Å². The zero-order chi connectivity index (χ0) is 13.4. The number of imidazole rings is 1. The summed E-state index contributed by atoms with van der Waals surface area (Å²) >= 11 is 0. The average molecular weight is 253 g/mol. The van der Waals surface area contributed by atoms with Gasteiger partial charge >= 0.3 is 5.97 Å². The Kier molecular flexibility index (Phi) is 2.52. The molecule has 2 aromatic heterocycles. The second kappa shape index (κ2) is 4.20. The largest absolute Gasteiger partial charge is 0.478 e. The maximum atomic E-state index is 11.3. The zero-order valence-corrected chi connectivity index (χ0v) is 10.2. The van der Waals surface area contributed by atoms with Gasteiger partial charge in [0.25, 0.3) is 0 Å². The number of carboxylic acid groups (broad SMARTS) is 1. The molecule has 1 N–H and O–H groups in total. The molecule has 3 aromatic rings. The molecule has 5 heteroatoms. The summed E-state index contributed by atoms with van der Waals surface area (Å²) in [6, 6.07) is 8.72. The second-order valence-corrected chi connectivity index (χ2v) is 4.18. The van der Waals surface area contributed by atoms with Gasteiger partial charge in [-0.15, -0.1) is 0 Å². The van der Waals surface area contributed by atoms with E-state index in [-0.39, 0.29) is 5.56 Å². The van der Waals surface area contributed by atoms with Crippen LogP contribution in [-0.2, 0) is 0 Å². The molecule has 0 amide bonds. The van der Waals surface area contributed by atoms with Crippen molar-refractivity contribution in [1.82, 2.24) is 14.5 Å². The van der Waals surface area contributed by atoms with E-state index >= 15 is 0 Å². The Labute approximate surface area is 109 Å². The quantitative estimate of drug-likeness (QED) is 0.761. The lowest BCUT2D eigenvalue weighted by atomic mass is 10.1. The molecule has 5 nitrogen and oxygen atoms in total. The van der Waals surface area contributed by atoms with Crippen LogP contribution < -0.4 is 0 Å². The van der Waals surface area contributed by atoms with Crippen molar-refractivity contribution < 1.29 is 9.90 Å². The molecule has 94 valence electrons.